The van der Waals surface area contributed by atoms with Crippen molar-refractivity contribution >= 4 is 45.8 Å². The van der Waals surface area contributed by atoms with Gasteiger partial charge in [-0.25, -0.2) is 4.99 Å². The summed E-state index contributed by atoms with van der Waals surface area (Å²) in [6, 6.07) is 24.5. The van der Waals surface area contributed by atoms with Gasteiger partial charge in [-0.2, -0.15) is 5.26 Å². The van der Waals surface area contributed by atoms with Crippen molar-refractivity contribution in [2.45, 2.75) is 33.4 Å². The third kappa shape index (κ3) is 5.30. The highest BCUT2D eigenvalue weighted by Gasteiger charge is 2.34. The Labute approximate surface area is 263 Å². The molecule has 5 aromatic rings. The van der Waals surface area contributed by atoms with Gasteiger partial charge in [0.15, 0.2) is 4.80 Å². The molecule has 0 bridgehead atoms. The van der Waals surface area contributed by atoms with Crippen LogP contribution in [0.25, 0.3) is 17.0 Å². The first-order chi connectivity index (χ1) is 21.3. The number of nitriles is 1. The van der Waals surface area contributed by atoms with Crippen LogP contribution in [-0.4, -0.2) is 33.0 Å². The lowest BCUT2D eigenvalue weighted by Gasteiger charge is -2.29. The Morgan fingerprint density at radius 3 is 2.45 bits per heavy atom. The number of carbonyl (C=O) groups excluding carboxylic acids is 1. The van der Waals surface area contributed by atoms with Crippen molar-refractivity contribution in [3.8, 4) is 6.07 Å². The minimum atomic E-state index is -0.628. The summed E-state index contributed by atoms with van der Waals surface area (Å²) in [6.07, 6.45) is 3.98. The van der Waals surface area contributed by atoms with E-state index in [1.54, 1.807) is 21.6 Å². The molecular formula is C35H30ClN5O2S. The van der Waals surface area contributed by atoms with Gasteiger partial charge >= 0.3 is 0 Å². The molecule has 2 aromatic heterocycles. The molecule has 0 saturated heterocycles. The number of likely N-dealkylation sites (N-methyl/N-ethyl adjacent to an activating group) is 1. The maximum atomic E-state index is 14.2. The molecule has 9 heteroatoms. The molecule has 220 valence electrons. The molecule has 0 unspecified atom stereocenters. The zero-order chi connectivity index (χ0) is 31.0. The zero-order valence-corrected chi connectivity index (χ0v) is 26.2. The van der Waals surface area contributed by atoms with Crippen LogP contribution in [0.4, 0.5) is 0 Å². The predicted molar refractivity (Wildman–Crippen MR) is 175 cm³/mol. The van der Waals surface area contributed by atoms with Crippen LogP contribution in [0.2, 0.25) is 5.02 Å². The number of nitrogens with zero attached hydrogens (tertiary/aromatic N) is 5. The van der Waals surface area contributed by atoms with Crippen LogP contribution < -0.4 is 14.9 Å². The highest BCUT2D eigenvalue weighted by Crippen LogP contribution is 2.32. The third-order valence-electron chi connectivity index (χ3n) is 8.03. The van der Waals surface area contributed by atoms with Gasteiger partial charge in [0.1, 0.15) is 0 Å². The van der Waals surface area contributed by atoms with Gasteiger partial charge in [0.2, 0.25) is 0 Å². The first-order valence-electron chi connectivity index (χ1n) is 14.5. The highest BCUT2D eigenvalue weighted by molar-refractivity contribution is 7.07. The topological polar surface area (TPSA) is 83.4 Å². The maximum absolute atomic E-state index is 14.2. The van der Waals surface area contributed by atoms with E-state index in [9.17, 15) is 9.59 Å². The minimum Gasteiger partial charge on any atom is -0.342 e. The second-order valence-electron chi connectivity index (χ2n) is 10.6. The van der Waals surface area contributed by atoms with Gasteiger partial charge < -0.3 is 9.47 Å². The molecular weight excluding hydrogens is 590 g/mol. The fourth-order valence-electron chi connectivity index (χ4n) is 5.78. The third-order valence-corrected chi connectivity index (χ3v) is 9.27. The number of aromatic nitrogens is 2. The van der Waals surface area contributed by atoms with Crippen LogP contribution in [0.3, 0.4) is 0 Å². The number of allylic oxidation sites excluding steroid dienone is 1. The largest absolute Gasteiger partial charge is 0.342 e. The Hall–Kier alpha value is -4.71. The van der Waals surface area contributed by atoms with Gasteiger partial charge in [0.25, 0.3) is 11.5 Å². The normalized spacial score (nSPS) is 14.8. The van der Waals surface area contributed by atoms with Crippen molar-refractivity contribution < 1.29 is 4.79 Å². The summed E-state index contributed by atoms with van der Waals surface area (Å²) in [7, 11) is 0. The molecule has 1 amide bonds. The number of thiazole rings is 1. The first kappa shape index (κ1) is 29.4. The summed E-state index contributed by atoms with van der Waals surface area (Å²) in [5, 5.41) is 10.8. The SMILES string of the molecule is CCN(CC)C(=O)C1=C(C)N=c2s/c(=C/c3cn(Cc4ccc(C#N)cc4)c4ccccc34)c(=O)n2[C@H]1c1ccc(Cl)cc1. The number of rotatable bonds is 7. The minimum absolute atomic E-state index is 0.128. The lowest BCUT2D eigenvalue weighted by Crippen LogP contribution is -2.43. The Bertz CT molecular complexity index is 2140. The number of carbonyl (C=O) groups is 1. The number of benzene rings is 3. The van der Waals surface area contributed by atoms with Gasteiger partial charge in [-0.05, 0) is 68.3 Å². The van der Waals surface area contributed by atoms with E-state index in [0.717, 1.165) is 27.6 Å². The molecule has 44 heavy (non-hydrogen) atoms. The average Bonchev–Trinajstić information content (AvgIpc) is 3.53. The molecule has 7 nitrogen and oxygen atoms in total. The van der Waals surface area contributed by atoms with Gasteiger partial charge in [0.05, 0.1) is 33.5 Å². The molecule has 1 aliphatic rings. The van der Waals surface area contributed by atoms with Crippen molar-refractivity contribution in [1.82, 2.24) is 14.0 Å². The summed E-state index contributed by atoms with van der Waals surface area (Å²) in [6.45, 7) is 7.46. The maximum Gasteiger partial charge on any atom is 0.271 e. The van der Waals surface area contributed by atoms with Crippen molar-refractivity contribution in [3.63, 3.8) is 0 Å². The summed E-state index contributed by atoms with van der Waals surface area (Å²) in [4.78, 5) is 35.1. The monoisotopic (exact) mass is 619 g/mol. The fraction of sp³-hybridized carbons (Fsp3) is 0.200. The van der Waals surface area contributed by atoms with E-state index in [0.29, 0.717) is 50.8 Å². The molecule has 0 fully saturated rings. The van der Waals surface area contributed by atoms with E-state index < -0.39 is 6.04 Å². The Morgan fingerprint density at radius 1 is 1.07 bits per heavy atom. The molecule has 6 rings (SSSR count). The molecule has 0 radical (unpaired) electrons. The van der Waals surface area contributed by atoms with E-state index in [1.807, 2.05) is 75.4 Å². The van der Waals surface area contributed by atoms with Gasteiger partial charge in [0, 0.05) is 47.3 Å². The zero-order valence-electron chi connectivity index (χ0n) is 24.6. The molecule has 3 heterocycles. The second kappa shape index (κ2) is 12.1. The number of hydrogen-bond acceptors (Lipinski definition) is 5. The van der Waals surface area contributed by atoms with Crippen LogP contribution in [0.5, 0.6) is 0 Å². The number of amides is 1. The van der Waals surface area contributed by atoms with Gasteiger partial charge in [-0.15, -0.1) is 0 Å². The Balaban J connectivity index is 1.50. The van der Waals surface area contributed by atoms with E-state index in [4.69, 9.17) is 21.9 Å². The average molecular weight is 620 g/mol. The van der Waals surface area contributed by atoms with Crippen LogP contribution in [0.1, 0.15) is 49.1 Å². The van der Waals surface area contributed by atoms with Crippen molar-refractivity contribution in [2.24, 2.45) is 4.99 Å². The van der Waals surface area contributed by atoms with Crippen LogP contribution in [-0.2, 0) is 11.3 Å². The predicted octanol–water partition coefficient (Wildman–Crippen LogP) is 5.63. The molecule has 1 atom stereocenters. The summed E-state index contributed by atoms with van der Waals surface area (Å²) >= 11 is 7.55. The number of halogens is 1. The van der Waals surface area contributed by atoms with Crippen molar-refractivity contribution in [2.75, 3.05) is 13.1 Å². The molecule has 0 spiro atoms. The fourth-order valence-corrected chi connectivity index (χ4v) is 6.94. The highest BCUT2D eigenvalue weighted by atomic mass is 35.5. The van der Waals surface area contributed by atoms with E-state index in [2.05, 4.69) is 29.0 Å². The molecule has 0 N–H and O–H groups in total. The van der Waals surface area contributed by atoms with Crippen LogP contribution >= 0.6 is 22.9 Å². The van der Waals surface area contributed by atoms with Gasteiger partial charge in [-0.3, -0.25) is 14.2 Å². The molecule has 3 aromatic carbocycles. The van der Waals surface area contributed by atoms with Gasteiger partial charge in [-0.1, -0.05) is 65.4 Å². The molecule has 0 saturated carbocycles. The number of fused-ring (bicyclic) bond motifs is 2. The summed E-state index contributed by atoms with van der Waals surface area (Å²) < 4.78 is 4.34. The number of para-hydroxylation sites is 1. The standard InChI is InChI=1S/C35H30ClN5O2S/c1-4-39(5-2)34(43)31-22(3)38-35-41(32(31)25-14-16-27(36)17-15-25)33(42)30(44-35)18-26-21-40(29-9-7-6-8-28(26)29)20-24-12-10-23(19-37)11-13-24/h6-18,21,32H,4-5,20H2,1-3H3/b30-18+/t32-/m0/s1. The Morgan fingerprint density at radius 2 is 1.77 bits per heavy atom. The van der Waals surface area contributed by atoms with Crippen molar-refractivity contribution in [3.05, 3.63) is 137 Å². The quantitative estimate of drug-likeness (QED) is 0.237. The lowest BCUT2D eigenvalue weighted by molar-refractivity contribution is -0.127. The van der Waals surface area contributed by atoms with Crippen molar-refractivity contribution in [1.29, 1.82) is 5.26 Å². The van der Waals surface area contributed by atoms with E-state index in [1.165, 1.54) is 11.3 Å². The van der Waals surface area contributed by atoms with Crippen LogP contribution in [0.15, 0.2) is 100 Å². The molecule has 1 aliphatic heterocycles. The van der Waals surface area contributed by atoms with Crippen LogP contribution in [0, 0.1) is 11.3 Å². The Kier molecular flexibility index (Phi) is 8.09. The smallest absolute Gasteiger partial charge is 0.271 e. The molecule has 0 aliphatic carbocycles. The van der Waals surface area contributed by atoms with E-state index in [-0.39, 0.29) is 11.5 Å². The number of hydrogen-bond donors (Lipinski definition) is 0. The summed E-state index contributed by atoms with van der Waals surface area (Å²) in [5.41, 5.74) is 5.34. The lowest BCUT2D eigenvalue weighted by atomic mass is 9.94. The van der Waals surface area contributed by atoms with E-state index >= 15 is 0 Å². The summed E-state index contributed by atoms with van der Waals surface area (Å²) in [5.74, 6) is -0.128. The second-order valence-corrected chi connectivity index (χ2v) is 12.1. The first-order valence-corrected chi connectivity index (χ1v) is 15.7.